The van der Waals surface area contributed by atoms with E-state index >= 15 is 0 Å². The quantitative estimate of drug-likeness (QED) is 0.170. The Balaban J connectivity index is 1.11. The van der Waals surface area contributed by atoms with Crippen molar-refractivity contribution in [2.24, 2.45) is 0 Å². The Kier molecular flexibility index (Phi) is 8.01. The third kappa shape index (κ3) is 5.86. The van der Waals surface area contributed by atoms with Gasteiger partial charge < -0.3 is 0 Å². The number of benzene rings is 9. The first-order chi connectivity index (χ1) is 28.2. The van der Waals surface area contributed by atoms with E-state index in [1.807, 2.05) is 23.5 Å². The minimum absolute atomic E-state index is 0.639. The molecule has 0 spiro atoms. The molecular weight excluding hydrogens is 711 g/mol. The zero-order valence-electron chi connectivity index (χ0n) is 30.8. The first kappa shape index (κ1) is 33.1. The predicted molar refractivity (Wildman–Crippen MR) is 240 cm³/mol. The van der Waals surface area contributed by atoms with Gasteiger partial charge in [-0.2, -0.15) is 0 Å². The highest BCUT2D eigenvalue weighted by atomic mass is 32.1. The molecule has 57 heavy (non-hydrogen) atoms. The molecule has 0 saturated carbocycles. The molecule has 3 nitrogen and oxygen atoms in total. The van der Waals surface area contributed by atoms with Crippen molar-refractivity contribution < 1.29 is 0 Å². The predicted octanol–water partition coefficient (Wildman–Crippen LogP) is 14.5. The van der Waals surface area contributed by atoms with Crippen LogP contribution < -0.4 is 0 Å². The maximum atomic E-state index is 5.26. The summed E-state index contributed by atoms with van der Waals surface area (Å²) in [5.41, 5.74) is 10.0. The van der Waals surface area contributed by atoms with Crippen LogP contribution in [-0.4, -0.2) is 15.0 Å². The fraction of sp³-hybridized carbons (Fsp3) is 0. The van der Waals surface area contributed by atoms with Crippen molar-refractivity contribution >= 4 is 53.1 Å². The molecular formula is C53H33N3S. The summed E-state index contributed by atoms with van der Waals surface area (Å²) in [7, 11) is 0. The van der Waals surface area contributed by atoms with Crippen molar-refractivity contribution in [1.82, 2.24) is 15.0 Å². The number of aromatic nitrogens is 3. The summed E-state index contributed by atoms with van der Waals surface area (Å²) >= 11 is 1.84. The van der Waals surface area contributed by atoms with E-state index in [1.54, 1.807) is 0 Å². The van der Waals surface area contributed by atoms with E-state index in [0.717, 1.165) is 33.2 Å². The van der Waals surface area contributed by atoms with Gasteiger partial charge in [-0.1, -0.05) is 194 Å². The molecule has 0 aliphatic rings. The summed E-state index contributed by atoms with van der Waals surface area (Å²) in [5, 5.41) is 7.33. The van der Waals surface area contributed by atoms with Gasteiger partial charge >= 0.3 is 0 Å². The van der Waals surface area contributed by atoms with Crippen LogP contribution in [0.1, 0.15) is 0 Å². The van der Waals surface area contributed by atoms with Gasteiger partial charge in [0.05, 0.1) is 0 Å². The molecule has 11 rings (SSSR count). The molecule has 11 aromatic rings. The number of thiophene rings is 1. The summed E-state index contributed by atoms with van der Waals surface area (Å²) in [6.45, 7) is 0. The number of rotatable bonds is 6. The summed E-state index contributed by atoms with van der Waals surface area (Å²) in [6, 6.07) is 70.9. The molecule has 9 aromatic carbocycles. The average molecular weight is 744 g/mol. The molecule has 0 bridgehead atoms. The van der Waals surface area contributed by atoms with E-state index in [4.69, 9.17) is 15.0 Å². The second-order valence-corrected chi connectivity index (χ2v) is 15.4. The van der Waals surface area contributed by atoms with Crippen molar-refractivity contribution in [1.29, 1.82) is 0 Å². The van der Waals surface area contributed by atoms with Crippen LogP contribution in [0.3, 0.4) is 0 Å². The van der Waals surface area contributed by atoms with Crippen LogP contribution in [0.5, 0.6) is 0 Å². The number of fused-ring (bicyclic) bond motifs is 6. The lowest BCUT2D eigenvalue weighted by Crippen LogP contribution is -2.00. The molecule has 2 heterocycles. The first-order valence-corrected chi connectivity index (χ1v) is 20.0. The summed E-state index contributed by atoms with van der Waals surface area (Å²) in [5.74, 6) is 1.93. The van der Waals surface area contributed by atoms with Crippen LogP contribution >= 0.6 is 11.3 Å². The molecule has 0 unspecified atom stereocenters. The van der Waals surface area contributed by atoms with Crippen LogP contribution in [0.15, 0.2) is 200 Å². The molecule has 0 saturated heterocycles. The molecule has 2 aromatic heterocycles. The van der Waals surface area contributed by atoms with Gasteiger partial charge in [-0.05, 0) is 55.4 Å². The van der Waals surface area contributed by atoms with Crippen molar-refractivity contribution in [3.63, 3.8) is 0 Å². The highest BCUT2D eigenvalue weighted by Gasteiger charge is 2.20. The second kappa shape index (κ2) is 13.8. The van der Waals surface area contributed by atoms with Crippen LogP contribution in [0.25, 0.3) is 109 Å². The first-order valence-electron chi connectivity index (χ1n) is 19.2. The van der Waals surface area contributed by atoms with Crippen LogP contribution in [-0.2, 0) is 0 Å². The lowest BCUT2D eigenvalue weighted by atomic mass is 9.95. The van der Waals surface area contributed by atoms with Gasteiger partial charge in [-0.25, -0.2) is 15.0 Å². The van der Waals surface area contributed by atoms with Crippen LogP contribution in [0, 0.1) is 0 Å². The molecule has 4 heteroatoms. The SMILES string of the molecule is c1ccc(-c2ccc(-c3nc(-c4ccc(-c5ccccc5)cc4)nc(-c4cc5sc6c(-c7cccc8ccccc78)cccc6c5c5ccccc45)n3)cc2)cc1. The number of nitrogens with zero attached hydrogens (tertiary/aromatic N) is 3. The maximum absolute atomic E-state index is 5.26. The summed E-state index contributed by atoms with van der Waals surface area (Å²) in [6.07, 6.45) is 0. The van der Waals surface area contributed by atoms with Gasteiger partial charge in [-0.3, -0.25) is 0 Å². The lowest BCUT2D eigenvalue weighted by Gasteiger charge is -2.12. The van der Waals surface area contributed by atoms with Crippen molar-refractivity contribution in [2.75, 3.05) is 0 Å². The summed E-state index contributed by atoms with van der Waals surface area (Å²) < 4.78 is 2.48. The zero-order chi connectivity index (χ0) is 37.7. The minimum Gasteiger partial charge on any atom is -0.208 e. The monoisotopic (exact) mass is 743 g/mol. The lowest BCUT2D eigenvalue weighted by molar-refractivity contribution is 1.08. The Morgan fingerprint density at radius 3 is 1.40 bits per heavy atom. The van der Waals surface area contributed by atoms with E-state index in [9.17, 15) is 0 Å². The molecule has 0 N–H and O–H groups in total. The third-order valence-electron chi connectivity index (χ3n) is 11.0. The molecule has 0 aliphatic carbocycles. The summed E-state index contributed by atoms with van der Waals surface area (Å²) in [4.78, 5) is 15.7. The highest BCUT2D eigenvalue weighted by Crippen LogP contribution is 2.46. The number of hydrogen-bond donors (Lipinski definition) is 0. The van der Waals surface area contributed by atoms with Crippen LogP contribution in [0.2, 0.25) is 0 Å². The van der Waals surface area contributed by atoms with Gasteiger partial charge in [0.1, 0.15) is 0 Å². The fourth-order valence-electron chi connectivity index (χ4n) is 8.16. The molecule has 0 atom stereocenters. The fourth-order valence-corrected chi connectivity index (χ4v) is 9.45. The average Bonchev–Trinajstić information content (AvgIpc) is 3.68. The van der Waals surface area contributed by atoms with E-state index in [1.165, 1.54) is 58.6 Å². The Morgan fingerprint density at radius 1 is 0.298 bits per heavy atom. The molecule has 0 fully saturated rings. The number of hydrogen-bond acceptors (Lipinski definition) is 4. The van der Waals surface area contributed by atoms with Crippen molar-refractivity contribution in [3.8, 4) is 67.5 Å². The van der Waals surface area contributed by atoms with Crippen molar-refractivity contribution in [2.45, 2.75) is 0 Å². The van der Waals surface area contributed by atoms with Gasteiger partial charge in [0.25, 0.3) is 0 Å². The highest BCUT2D eigenvalue weighted by molar-refractivity contribution is 7.26. The van der Waals surface area contributed by atoms with Crippen LogP contribution in [0.4, 0.5) is 0 Å². The molecule has 0 radical (unpaired) electrons. The largest absolute Gasteiger partial charge is 0.208 e. The van der Waals surface area contributed by atoms with Gasteiger partial charge in [-0.15, -0.1) is 11.3 Å². The Labute approximate surface area is 334 Å². The van der Waals surface area contributed by atoms with E-state index < -0.39 is 0 Å². The standard InChI is InChI=1S/C53H33N3S/c1-3-13-34(14-4-1)36-25-29-39(30-26-36)51-54-52(40-31-27-37(28-32-40)35-15-5-2-6-16-35)56-53(55-51)47-33-48-49(44-21-10-9-20-43(44)47)46-24-12-23-45(50(46)57-48)42-22-11-18-38-17-7-8-19-41(38)42/h1-33H. The normalized spacial score (nSPS) is 11.5. The Morgan fingerprint density at radius 2 is 0.754 bits per heavy atom. The topological polar surface area (TPSA) is 38.7 Å². The van der Waals surface area contributed by atoms with E-state index in [0.29, 0.717) is 17.5 Å². The van der Waals surface area contributed by atoms with E-state index in [2.05, 4.69) is 188 Å². The minimum atomic E-state index is 0.639. The molecule has 0 aliphatic heterocycles. The Hall–Kier alpha value is -7.27. The van der Waals surface area contributed by atoms with E-state index in [-0.39, 0.29) is 0 Å². The maximum Gasteiger partial charge on any atom is 0.164 e. The molecule has 266 valence electrons. The van der Waals surface area contributed by atoms with Gasteiger partial charge in [0, 0.05) is 42.4 Å². The van der Waals surface area contributed by atoms with Gasteiger partial charge in [0.2, 0.25) is 0 Å². The zero-order valence-corrected chi connectivity index (χ0v) is 31.6. The third-order valence-corrected chi connectivity index (χ3v) is 12.1. The molecule has 0 amide bonds. The smallest absolute Gasteiger partial charge is 0.164 e. The second-order valence-electron chi connectivity index (χ2n) is 14.3. The Bertz CT molecular complexity index is 3160. The van der Waals surface area contributed by atoms with Gasteiger partial charge in [0.15, 0.2) is 17.5 Å². The van der Waals surface area contributed by atoms with Crippen molar-refractivity contribution in [3.05, 3.63) is 200 Å².